The fourth-order valence-corrected chi connectivity index (χ4v) is 2.07. The van der Waals surface area contributed by atoms with Gasteiger partial charge in [0.2, 0.25) is 0 Å². The molecule has 2 aromatic carbocycles. The Balaban J connectivity index is 2.13. The Morgan fingerprint density at radius 2 is 1.72 bits per heavy atom. The normalized spacial score (nSPS) is 10.4. The number of anilines is 1. The van der Waals surface area contributed by atoms with Crippen molar-refractivity contribution in [3.63, 3.8) is 0 Å². The molecule has 0 radical (unpaired) electrons. The summed E-state index contributed by atoms with van der Waals surface area (Å²) in [6, 6.07) is 9.09. The minimum Gasteiger partial charge on any atom is -0.380 e. The molecule has 4 heteroatoms. The first-order chi connectivity index (χ1) is 8.56. The van der Waals surface area contributed by atoms with E-state index in [4.69, 9.17) is 0 Å². The molecule has 18 heavy (non-hydrogen) atoms. The summed E-state index contributed by atoms with van der Waals surface area (Å²) in [6.07, 6.45) is 0. The van der Waals surface area contributed by atoms with Crippen LogP contribution in [0.1, 0.15) is 11.1 Å². The smallest absolute Gasteiger partial charge is 0.125 e. The predicted octanol–water partition coefficient (Wildman–Crippen LogP) is 4.65. The van der Waals surface area contributed by atoms with Crippen molar-refractivity contribution in [2.45, 2.75) is 13.5 Å². The molecule has 0 heterocycles. The van der Waals surface area contributed by atoms with Crippen molar-refractivity contribution >= 4 is 21.6 Å². The van der Waals surface area contributed by atoms with Crippen LogP contribution >= 0.6 is 15.9 Å². The average molecular weight is 312 g/mol. The van der Waals surface area contributed by atoms with E-state index < -0.39 is 0 Å². The van der Waals surface area contributed by atoms with Crippen LogP contribution in [0.3, 0.4) is 0 Å². The van der Waals surface area contributed by atoms with Crippen LogP contribution in [-0.2, 0) is 6.54 Å². The van der Waals surface area contributed by atoms with Gasteiger partial charge in [-0.2, -0.15) is 0 Å². The van der Waals surface area contributed by atoms with Crippen molar-refractivity contribution in [3.8, 4) is 0 Å². The zero-order valence-corrected chi connectivity index (χ0v) is 11.4. The van der Waals surface area contributed by atoms with Gasteiger partial charge in [0.15, 0.2) is 0 Å². The number of hydrogen-bond acceptors (Lipinski definition) is 1. The molecule has 0 amide bonds. The van der Waals surface area contributed by atoms with Crippen molar-refractivity contribution in [1.29, 1.82) is 0 Å². The summed E-state index contributed by atoms with van der Waals surface area (Å²) < 4.78 is 26.8. The van der Waals surface area contributed by atoms with E-state index in [0.717, 1.165) is 15.6 Å². The molecule has 0 spiro atoms. The maximum atomic E-state index is 13.1. The Morgan fingerprint density at radius 1 is 1.06 bits per heavy atom. The van der Waals surface area contributed by atoms with Gasteiger partial charge >= 0.3 is 0 Å². The van der Waals surface area contributed by atoms with Crippen molar-refractivity contribution in [2.24, 2.45) is 0 Å². The lowest BCUT2D eigenvalue weighted by Crippen LogP contribution is -2.02. The second-order valence-electron chi connectivity index (χ2n) is 4.05. The minimum atomic E-state index is -0.295. The molecule has 1 N–H and O–H groups in total. The van der Waals surface area contributed by atoms with Gasteiger partial charge in [0.1, 0.15) is 11.6 Å². The molecular weight excluding hydrogens is 300 g/mol. The Kier molecular flexibility index (Phi) is 3.97. The predicted molar refractivity (Wildman–Crippen MR) is 72.6 cm³/mol. The second kappa shape index (κ2) is 5.48. The molecule has 94 valence electrons. The molecule has 2 aromatic rings. The lowest BCUT2D eigenvalue weighted by atomic mass is 10.1. The third-order valence-corrected chi connectivity index (χ3v) is 3.39. The van der Waals surface area contributed by atoms with Gasteiger partial charge in [-0.1, -0.05) is 6.07 Å². The van der Waals surface area contributed by atoms with E-state index in [9.17, 15) is 8.78 Å². The van der Waals surface area contributed by atoms with Gasteiger partial charge in [0.25, 0.3) is 0 Å². The topological polar surface area (TPSA) is 12.0 Å². The van der Waals surface area contributed by atoms with Crippen LogP contribution in [0.5, 0.6) is 0 Å². The summed E-state index contributed by atoms with van der Waals surface area (Å²) in [6.45, 7) is 2.37. The lowest BCUT2D eigenvalue weighted by molar-refractivity contribution is 0.625. The molecule has 0 aliphatic rings. The molecule has 2 rings (SSSR count). The molecule has 0 unspecified atom stereocenters. The van der Waals surface area contributed by atoms with Gasteiger partial charge < -0.3 is 5.32 Å². The van der Waals surface area contributed by atoms with Gasteiger partial charge in [-0.15, -0.1) is 0 Å². The summed E-state index contributed by atoms with van der Waals surface area (Å²) in [7, 11) is 0. The van der Waals surface area contributed by atoms with E-state index in [2.05, 4.69) is 21.2 Å². The molecule has 0 saturated carbocycles. The Bertz CT molecular complexity index is 570. The number of hydrogen-bond donors (Lipinski definition) is 1. The Morgan fingerprint density at radius 3 is 2.44 bits per heavy atom. The van der Waals surface area contributed by atoms with Crippen LogP contribution < -0.4 is 5.32 Å². The van der Waals surface area contributed by atoms with Gasteiger partial charge in [-0.3, -0.25) is 0 Å². The molecule has 0 fully saturated rings. The molecule has 0 atom stereocenters. The first kappa shape index (κ1) is 13.0. The zero-order valence-electron chi connectivity index (χ0n) is 9.81. The number of halogens is 3. The SMILES string of the molecule is Cc1cc(F)ccc1CNc1cc(F)ccc1Br. The summed E-state index contributed by atoms with van der Waals surface area (Å²) >= 11 is 3.34. The Hall–Kier alpha value is -1.42. The Labute approximate surface area is 113 Å². The van der Waals surface area contributed by atoms with Gasteiger partial charge in [-0.05, 0) is 64.3 Å². The summed E-state index contributed by atoms with van der Waals surface area (Å²) in [5.41, 5.74) is 2.53. The monoisotopic (exact) mass is 311 g/mol. The van der Waals surface area contributed by atoms with E-state index in [1.165, 1.54) is 24.3 Å². The van der Waals surface area contributed by atoms with E-state index >= 15 is 0 Å². The van der Waals surface area contributed by atoms with Crippen LogP contribution in [0.2, 0.25) is 0 Å². The molecular formula is C14H12BrF2N. The fraction of sp³-hybridized carbons (Fsp3) is 0.143. The summed E-state index contributed by atoms with van der Waals surface area (Å²) in [5, 5.41) is 3.12. The van der Waals surface area contributed by atoms with Crippen LogP contribution in [0.4, 0.5) is 14.5 Å². The maximum absolute atomic E-state index is 13.1. The molecule has 0 aliphatic heterocycles. The summed E-state index contributed by atoms with van der Waals surface area (Å²) in [4.78, 5) is 0. The van der Waals surface area contributed by atoms with Crippen molar-refractivity contribution < 1.29 is 8.78 Å². The number of benzene rings is 2. The van der Waals surface area contributed by atoms with Crippen molar-refractivity contribution in [3.05, 3.63) is 63.6 Å². The third-order valence-electron chi connectivity index (χ3n) is 2.70. The van der Waals surface area contributed by atoms with Crippen LogP contribution in [0.15, 0.2) is 40.9 Å². The highest BCUT2D eigenvalue weighted by molar-refractivity contribution is 9.10. The standard InChI is InChI=1S/C14H12BrF2N/c1-9-6-11(16)3-2-10(9)8-18-14-7-12(17)4-5-13(14)15/h2-7,18H,8H2,1H3. The van der Waals surface area contributed by atoms with Crippen LogP contribution in [0, 0.1) is 18.6 Å². The van der Waals surface area contributed by atoms with Gasteiger partial charge in [-0.25, -0.2) is 8.78 Å². The quantitative estimate of drug-likeness (QED) is 0.870. The van der Waals surface area contributed by atoms with Gasteiger partial charge in [0, 0.05) is 11.0 Å². The fourth-order valence-electron chi connectivity index (χ4n) is 1.68. The number of nitrogens with one attached hydrogen (secondary N) is 1. The van der Waals surface area contributed by atoms with E-state index in [1.807, 2.05) is 6.92 Å². The molecule has 0 bridgehead atoms. The molecule has 1 nitrogen and oxygen atoms in total. The highest BCUT2D eigenvalue weighted by Gasteiger charge is 2.03. The highest BCUT2D eigenvalue weighted by Crippen LogP contribution is 2.24. The van der Waals surface area contributed by atoms with Crippen LogP contribution in [0.25, 0.3) is 0 Å². The number of rotatable bonds is 3. The first-order valence-electron chi connectivity index (χ1n) is 5.50. The van der Waals surface area contributed by atoms with E-state index in [1.54, 1.807) is 12.1 Å². The molecule has 0 aliphatic carbocycles. The third kappa shape index (κ3) is 3.07. The second-order valence-corrected chi connectivity index (χ2v) is 4.90. The van der Waals surface area contributed by atoms with E-state index in [-0.39, 0.29) is 11.6 Å². The molecule has 0 aromatic heterocycles. The van der Waals surface area contributed by atoms with Gasteiger partial charge in [0.05, 0.1) is 5.69 Å². The van der Waals surface area contributed by atoms with Crippen LogP contribution in [-0.4, -0.2) is 0 Å². The zero-order chi connectivity index (χ0) is 13.1. The summed E-state index contributed by atoms with van der Waals surface area (Å²) in [5.74, 6) is -0.542. The largest absolute Gasteiger partial charge is 0.380 e. The molecule has 0 saturated heterocycles. The maximum Gasteiger partial charge on any atom is 0.125 e. The van der Waals surface area contributed by atoms with Crippen molar-refractivity contribution in [1.82, 2.24) is 0 Å². The van der Waals surface area contributed by atoms with Crippen molar-refractivity contribution in [2.75, 3.05) is 5.32 Å². The lowest BCUT2D eigenvalue weighted by Gasteiger charge is -2.10. The minimum absolute atomic E-state index is 0.247. The number of aryl methyl sites for hydroxylation is 1. The average Bonchev–Trinajstić information content (AvgIpc) is 2.32. The highest BCUT2D eigenvalue weighted by atomic mass is 79.9. The van der Waals surface area contributed by atoms with E-state index in [0.29, 0.717) is 12.2 Å². The first-order valence-corrected chi connectivity index (χ1v) is 6.29.